The first kappa shape index (κ1) is 18.5. The zero-order valence-corrected chi connectivity index (χ0v) is 15.9. The summed E-state index contributed by atoms with van der Waals surface area (Å²) in [5.74, 6) is 0.734. The van der Waals surface area contributed by atoms with Crippen molar-refractivity contribution < 1.29 is 13.6 Å². The first-order chi connectivity index (χ1) is 14.0. The average Bonchev–Trinajstić information content (AvgIpc) is 3.45. The van der Waals surface area contributed by atoms with Crippen molar-refractivity contribution in [2.45, 2.75) is 19.6 Å². The molecule has 0 radical (unpaired) electrons. The van der Waals surface area contributed by atoms with E-state index in [0.717, 1.165) is 4.57 Å². The Balaban J connectivity index is 1.69. The number of hydrogen-bond donors (Lipinski definition) is 0. The van der Waals surface area contributed by atoms with Crippen molar-refractivity contribution >= 4 is 17.1 Å². The molecule has 0 fully saturated rings. The molecule has 0 bridgehead atoms. The minimum absolute atomic E-state index is 0.176. The highest BCUT2D eigenvalue weighted by molar-refractivity contribution is 5.76. The van der Waals surface area contributed by atoms with Gasteiger partial charge >= 0.3 is 5.69 Å². The van der Waals surface area contributed by atoms with E-state index in [1.165, 1.54) is 39.9 Å². The first-order valence-electron chi connectivity index (χ1n) is 8.89. The van der Waals surface area contributed by atoms with E-state index < -0.39 is 23.7 Å². The summed E-state index contributed by atoms with van der Waals surface area (Å²) >= 11 is 0. The molecular formula is C19H19N5O5. The Morgan fingerprint density at radius 1 is 1.07 bits per heavy atom. The van der Waals surface area contributed by atoms with Crippen molar-refractivity contribution in [3.63, 3.8) is 0 Å². The summed E-state index contributed by atoms with van der Waals surface area (Å²) in [4.78, 5) is 44.1. The normalized spacial score (nSPS) is 11.2. The molecule has 1 amide bonds. The number of furan rings is 2. The van der Waals surface area contributed by atoms with Crippen molar-refractivity contribution in [1.29, 1.82) is 0 Å². The van der Waals surface area contributed by atoms with Gasteiger partial charge in [-0.1, -0.05) is 0 Å². The fraction of sp³-hybridized carbons (Fsp3) is 0.263. The monoisotopic (exact) mass is 397 g/mol. The number of rotatable bonds is 6. The van der Waals surface area contributed by atoms with Crippen molar-refractivity contribution in [2.75, 3.05) is 0 Å². The van der Waals surface area contributed by atoms with Crippen LogP contribution >= 0.6 is 0 Å². The summed E-state index contributed by atoms with van der Waals surface area (Å²) < 4.78 is 14.4. The molecule has 0 saturated carbocycles. The number of imidazole rings is 1. The maximum absolute atomic E-state index is 13.1. The number of fused-ring (bicyclic) bond motifs is 1. The molecule has 0 spiro atoms. The quantitative estimate of drug-likeness (QED) is 0.477. The molecule has 4 aromatic heterocycles. The third-order valence-electron chi connectivity index (χ3n) is 4.70. The van der Waals surface area contributed by atoms with Crippen LogP contribution in [0.1, 0.15) is 11.5 Å². The van der Waals surface area contributed by atoms with Gasteiger partial charge in [-0.05, 0) is 24.3 Å². The van der Waals surface area contributed by atoms with Gasteiger partial charge in [0.2, 0.25) is 5.91 Å². The second-order valence-corrected chi connectivity index (χ2v) is 6.67. The van der Waals surface area contributed by atoms with E-state index in [2.05, 4.69) is 4.98 Å². The number of aromatic nitrogens is 4. The third-order valence-corrected chi connectivity index (χ3v) is 4.70. The largest absolute Gasteiger partial charge is 0.467 e. The Labute approximate surface area is 164 Å². The van der Waals surface area contributed by atoms with Crippen LogP contribution in [-0.4, -0.2) is 29.5 Å². The lowest BCUT2D eigenvalue weighted by molar-refractivity contribution is -0.133. The van der Waals surface area contributed by atoms with Crippen molar-refractivity contribution in [3.05, 3.63) is 75.5 Å². The maximum atomic E-state index is 13.1. The van der Waals surface area contributed by atoms with Crippen LogP contribution < -0.4 is 11.2 Å². The smallest absolute Gasteiger partial charge is 0.332 e. The van der Waals surface area contributed by atoms with Crippen molar-refractivity contribution in [2.24, 2.45) is 14.1 Å². The van der Waals surface area contributed by atoms with Crippen LogP contribution in [0.15, 0.2) is 61.5 Å². The van der Waals surface area contributed by atoms with E-state index >= 15 is 0 Å². The molecular weight excluding hydrogens is 378 g/mol. The third kappa shape index (κ3) is 3.40. The maximum Gasteiger partial charge on any atom is 0.332 e. The van der Waals surface area contributed by atoms with Gasteiger partial charge < -0.3 is 18.3 Å². The first-order valence-corrected chi connectivity index (χ1v) is 8.89. The number of nitrogens with zero attached hydrogens (tertiary/aromatic N) is 5. The van der Waals surface area contributed by atoms with E-state index in [-0.39, 0.29) is 24.3 Å². The molecule has 4 aromatic rings. The van der Waals surface area contributed by atoms with E-state index in [9.17, 15) is 14.4 Å². The summed E-state index contributed by atoms with van der Waals surface area (Å²) in [7, 11) is 3.18. The molecule has 4 rings (SSSR count). The van der Waals surface area contributed by atoms with Gasteiger partial charge in [0.15, 0.2) is 11.2 Å². The molecule has 150 valence electrons. The number of hydrogen-bond acceptors (Lipinski definition) is 6. The molecule has 0 saturated heterocycles. The van der Waals surface area contributed by atoms with Crippen LogP contribution in [0.5, 0.6) is 0 Å². The Bertz CT molecular complexity index is 1220. The Kier molecular flexibility index (Phi) is 4.67. The Hall–Kier alpha value is -3.82. The molecule has 0 aliphatic heterocycles. The predicted octanol–water partition coefficient (Wildman–Crippen LogP) is 0.849. The topological polar surface area (TPSA) is 108 Å². The number of carbonyl (C=O) groups excluding carboxylic acids is 1. The van der Waals surface area contributed by atoms with Crippen molar-refractivity contribution in [1.82, 2.24) is 23.6 Å². The van der Waals surface area contributed by atoms with Gasteiger partial charge in [0.25, 0.3) is 5.56 Å². The van der Waals surface area contributed by atoms with Gasteiger partial charge in [-0.25, -0.2) is 14.3 Å². The standard InChI is InChI=1S/C19H19N5O5/c1-21-12-20-17-16(21)18(26)24(19(27)22(17)2)11-15(25)23(9-13-5-3-7-28-13)10-14-6-4-8-29-14/h3-8,12H,9-11H2,1-2H3. The van der Waals surface area contributed by atoms with Gasteiger partial charge in [0, 0.05) is 14.1 Å². The molecule has 0 atom stereocenters. The minimum atomic E-state index is -0.606. The van der Waals surface area contributed by atoms with E-state index in [0.29, 0.717) is 11.5 Å². The van der Waals surface area contributed by atoms with Gasteiger partial charge in [0.1, 0.15) is 18.1 Å². The highest BCUT2D eigenvalue weighted by atomic mass is 16.3. The van der Waals surface area contributed by atoms with Crippen molar-refractivity contribution in [3.8, 4) is 0 Å². The molecule has 10 nitrogen and oxygen atoms in total. The molecule has 4 heterocycles. The summed E-state index contributed by atoms with van der Waals surface area (Å²) in [6, 6.07) is 6.94. The number of carbonyl (C=O) groups is 1. The van der Waals surface area contributed by atoms with Gasteiger partial charge in [-0.15, -0.1) is 0 Å². The summed E-state index contributed by atoms with van der Waals surface area (Å²) in [5.41, 5.74) is -0.643. The van der Waals surface area contributed by atoms with Crippen LogP contribution in [0.25, 0.3) is 11.2 Å². The van der Waals surface area contributed by atoms with Crippen LogP contribution in [0, 0.1) is 0 Å². The molecule has 0 N–H and O–H groups in total. The van der Waals surface area contributed by atoms with Crippen LogP contribution in [0.2, 0.25) is 0 Å². The molecule has 0 aromatic carbocycles. The van der Waals surface area contributed by atoms with Crippen LogP contribution in [0.4, 0.5) is 0 Å². The molecule has 10 heteroatoms. The molecule has 29 heavy (non-hydrogen) atoms. The van der Waals surface area contributed by atoms with E-state index in [1.807, 2.05) is 0 Å². The van der Waals surface area contributed by atoms with Gasteiger partial charge in [0.05, 0.1) is 31.9 Å². The average molecular weight is 397 g/mol. The highest BCUT2D eigenvalue weighted by Crippen LogP contribution is 2.12. The SMILES string of the molecule is Cn1cnc2c1c(=O)n(CC(=O)N(Cc1ccco1)Cc1ccco1)c(=O)n2C. The lowest BCUT2D eigenvalue weighted by atomic mass is 10.3. The summed E-state index contributed by atoms with van der Waals surface area (Å²) in [6.45, 7) is -0.0564. The zero-order valence-electron chi connectivity index (χ0n) is 15.9. The van der Waals surface area contributed by atoms with E-state index in [1.54, 1.807) is 31.3 Å². The summed E-state index contributed by atoms with van der Waals surface area (Å²) in [6.07, 6.45) is 4.49. The van der Waals surface area contributed by atoms with Crippen LogP contribution in [0.3, 0.4) is 0 Å². The highest BCUT2D eigenvalue weighted by Gasteiger charge is 2.22. The van der Waals surface area contributed by atoms with Gasteiger partial charge in [-0.2, -0.15) is 0 Å². The molecule has 0 aliphatic carbocycles. The fourth-order valence-corrected chi connectivity index (χ4v) is 3.18. The minimum Gasteiger partial charge on any atom is -0.467 e. The van der Waals surface area contributed by atoms with Crippen LogP contribution in [-0.2, 0) is 38.5 Å². The Morgan fingerprint density at radius 3 is 2.24 bits per heavy atom. The Morgan fingerprint density at radius 2 is 1.69 bits per heavy atom. The van der Waals surface area contributed by atoms with Gasteiger partial charge in [-0.3, -0.25) is 14.2 Å². The second kappa shape index (κ2) is 7.30. The number of aryl methyl sites for hydroxylation is 2. The lowest BCUT2D eigenvalue weighted by Gasteiger charge is -2.21. The second-order valence-electron chi connectivity index (χ2n) is 6.67. The van der Waals surface area contributed by atoms with E-state index in [4.69, 9.17) is 8.83 Å². The molecule has 0 unspecified atom stereocenters. The number of amides is 1. The summed E-state index contributed by atoms with van der Waals surface area (Å²) in [5, 5.41) is 0. The predicted molar refractivity (Wildman–Crippen MR) is 102 cm³/mol. The lowest BCUT2D eigenvalue weighted by Crippen LogP contribution is -2.44. The molecule has 0 aliphatic rings. The fourth-order valence-electron chi connectivity index (χ4n) is 3.18. The zero-order chi connectivity index (χ0) is 20.5.